The molecule has 5 heteroatoms. The van der Waals surface area contributed by atoms with E-state index in [4.69, 9.17) is 4.74 Å². The maximum atomic E-state index is 12.5. The van der Waals surface area contributed by atoms with Gasteiger partial charge in [0.1, 0.15) is 0 Å². The Morgan fingerprint density at radius 1 is 1.04 bits per heavy atom. The topological polar surface area (TPSA) is 58.6 Å². The Balaban J connectivity index is 1.68. The van der Waals surface area contributed by atoms with Gasteiger partial charge in [-0.1, -0.05) is 18.2 Å². The van der Waals surface area contributed by atoms with Crippen LogP contribution in [-0.2, 0) is 11.3 Å². The Hall–Kier alpha value is -2.66. The molecule has 3 rings (SSSR count). The van der Waals surface area contributed by atoms with Crippen molar-refractivity contribution in [2.24, 2.45) is 0 Å². The summed E-state index contributed by atoms with van der Waals surface area (Å²) < 4.78 is 5.07. The van der Waals surface area contributed by atoms with Crippen molar-refractivity contribution >= 4 is 17.5 Å². The fraction of sp³-hybridized carbons (Fsp3) is 0.300. The predicted octanol–water partition coefficient (Wildman–Crippen LogP) is 3.32. The molecule has 25 heavy (non-hydrogen) atoms. The van der Waals surface area contributed by atoms with Crippen molar-refractivity contribution in [2.45, 2.75) is 19.4 Å². The molecule has 2 amide bonds. The first-order valence-corrected chi connectivity index (χ1v) is 8.46. The highest BCUT2D eigenvalue weighted by Crippen LogP contribution is 2.17. The molecule has 2 aromatic carbocycles. The van der Waals surface area contributed by atoms with E-state index >= 15 is 0 Å². The number of likely N-dealkylation sites (tertiary alicyclic amines) is 1. The average molecular weight is 338 g/mol. The molecule has 0 unspecified atom stereocenters. The lowest BCUT2D eigenvalue weighted by atomic mass is 10.1. The van der Waals surface area contributed by atoms with Gasteiger partial charge in [0, 0.05) is 37.0 Å². The van der Waals surface area contributed by atoms with Gasteiger partial charge in [-0.15, -0.1) is 0 Å². The van der Waals surface area contributed by atoms with Crippen LogP contribution in [-0.4, -0.2) is 36.9 Å². The molecule has 0 bridgehead atoms. The minimum absolute atomic E-state index is 0.0255. The second-order valence-corrected chi connectivity index (χ2v) is 6.16. The molecule has 0 radical (unpaired) electrons. The van der Waals surface area contributed by atoms with Gasteiger partial charge in [-0.2, -0.15) is 0 Å². The number of rotatable bonds is 5. The van der Waals surface area contributed by atoms with Crippen molar-refractivity contribution in [2.75, 3.05) is 25.5 Å². The van der Waals surface area contributed by atoms with E-state index in [0.29, 0.717) is 23.4 Å². The number of anilines is 1. The number of carbonyl (C=O) groups excluding carboxylic acids is 2. The quantitative estimate of drug-likeness (QED) is 0.910. The van der Waals surface area contributed by atoms with Crippen LogP contribution in [0, 0.1) is 0 Å². The first-order valence-electron chi connectivity index (χ1n) is 8.46. The number of nitrogens with one attached hydrogen (secondary N) is 1. The monoisotopic (exact) mass is 338 g/mol. The lowest BCUT2D eigenvalue weighted by Gasteiger charge is -2.15. The normalized spacial score (nSPS) is 13.7. The van der Waals surface area contributed by atoms with Crippen molar-refractivity contribution in [1.29, 1.82) is 0 Å². The van der Waals surface area contributed by atoms with Crippen LogP contribution < -0.4 is 5.32 Å². The number of amides is 2. The lowest BCUT2D eigenvalue weighted by Crippen LogP contribution is -2.27. The molecule has 1 N–H and O–H groups in total. The molecule has 0 saturated carbocycles. The van der Waals surface area contributed by atoms with Crippen LogP contribution >= 0.6 is 0 Å². The summed E-state index contributed by atoms with van der Waals surface area (Å²) in [6.45, 7) is 2.13. The van der Waals surface area contributed by atoms with Crippen molar-refractivity contribution < 1.29 is 14.3 Å². The van der Waals surface area contributed by atoms with Crippen molar-refractivity contribution in [3.05, 3.63) is 65.2 Å². The minimum Gasteiger partial charge on any atom is -0.380 e. The Labute approximate surface area is 147 Å². The molecule has 1 aliphatic heterocycles. The number of hydrogen-bond acceptors (Lipinski definition) is 3. The van der Waals surface area contributed by atoms with Gasteiger partial charge >= 0.3 is 0 Å². The minimum atomic E-state index is -0.199. The summed E-state index contributed by atoms with van der Waals surface area (Å²) in [5.74, 6) is -0.174. The smallest absolute Gasteiger partial charge is 0.255 e. The molecule has 0 atom stereocenters. The fourth-order valence-electron chi connectivity index (χ4n) is 2.96. The number of carbonyl (C=O) groups is 2. The molecular weight excluding hydrogens is 316 g/mol. The lowest BCUT2D eigenvalue weighted by molar-refractivity contribution is 0.0792. The number of ether oxygens (including phenoxy) is 1. The molecule has 0 aliphatic carbocycles. The third-order valence-corrected chi connectivity index (χ3v) is 4.29. The SMILES string of the molecule is COCc1ccc(C(=O)Nc2cccc(C(=O)N3CCCC3)c2)cc1. The van der Waals surface area contributed by atoms with E-state index in [1.54, 1.807) is 43.5 Å². The highest BCUT2D eigenvalue weighted by atomic mass is 16.5. The Kier molecular flexibility index (Phi) is 5.46. The summed E-state index contributed by atoms with van der Waals surface area (Å²) in [5.41, 5.74) is 2.81. The highest BCUT2D eigenvalue weighted by Gasteiger charge is 2.19. The third kappa shape index (κ3) is 4.25. The molecular formula is C20H22N2O3. The van der Waals surface area contributed by atoms with Crippen LogP contribution in [0.5, 0.6) is 0 Å². The Bertz CT molecular complexity index is 750. The molecule has 1 heterocycles. The predicted molar refractivity (Wildman–Crippen MR) is 96.7 cm³/mol. The zero-order chi connectivity index (χ0) is 17.6. The van der Waals surface area contributed by atoms with Crippen LogP contribution in [0.1, 0.15) is 39.1 Å². The fourth-order valence-corrected chi connectivity index (χ4v) is 2.96. The molecule has 1 saturated heterocycles. The summed E-state index contributed by atoms with van der Waals surface area (Å²) in [5, 5.41) is 2.85. The first kappa shape index (κ1) is 17.2. The third-order valence-electron chi connectivity index (χ3n) is 4.29. The standard InChI is InChI=1S/C20H22N2O3/c1-25-14-15-7-9-16(10-8-15)19(23)21-18-6-4-5-17(13-18)20(24)22-11-2-3-12-22/h4-10,13H,2-3,11-12,14H2,1H3,(H,21,23). The van der Waals surface area contributed by atoms with Crippen LogP contribution in [0.15, 0.2) is 48.5 Å². The van der Waals surface area contributed by atoms with Gasteiger partial charge in [0.2, 0.25) is 0 Å². The zero-order valence-corrected chi connectivity index (χ0v) is 14.3. The van der Waals surface area contributed by atoms with Crippen molar-refractivity contribution in [1.82, 2.24) is 4.90 Å². The van der Waals surface area contributed by atoms with E-state index in [1.807, 2.05) is 17.0 Å². The maximum Gasteiger partial charge on any atom is 0.255 e. The van der Waals surface area contributed by atoms with Gasteiger partial charge in [-0.3, -0.25) is 9.59 Å². The van der Waals surface area contributed by atoms with Gasteiger partial charge in [-0.25, -0.2) is 0 Å². The van der Waals surface area contributed by atoms with E-state index in [2.05, 4.69) is 5.32 Å². The number of hydrogen-bond donors (Lipinski definition) is 1. The van der Waals surface area contributed by atoms with Crippen LogP contribution in [0.2, 0.25) is 0 Å². The summed E-state index contributed by atoms with van der Waals surface area (Å²) in [7, 11) is 1.64. The second kappa shape index (κ2) is 7.94. The van der Waals surface area contributed by atoms with Gasteiger partial charge < -0.3 is 15.0 Å². The Morgan fingerprint density at radius 2 is 1.76 bits per heavy atom. The van der Waals surface area contributed by atoms with Crippen LogP contribution in [0.4, 0.5) is 5.69 Å². The molecule has 1 fully saturated rings. The number of benzene rings is 2. The largest absolute Gasteiger partial charge is 0.380 e. The average Bonchev–Trinajstić information content (AvgIpc) is 3.17. The highest BCUT2D eigenvalue weighted by molar-refractivity contribution is 6.05. The number of nitrogens with zero attached hydrogens (tertiary/aromatic N) is 1. The van der Waals surface area contributed by atoms with Gasteiger partial charge in [-0.05, 0) is 48.7 Å². The van der Waals surface area contributed by atoms with E-state index in [1.165, 1.54) is 0 Å². The summed E-state index contributed by atoms with van der Waals surface area (Å²) in [6.07, 6.45) is 2.11. The van der Waals surface area contributed by atoms with Crippen LogP contribution in [0.3, 0.4) is 0 Å². The second-order valence-electron chi connectivity index (χ2n) is 6.16. The van der Waals surface area contributed by atoms with Gasteiger partial charge in [0.15, 0.2) is 0 Å². The van der Waals surface area contributed by atoms with Crippen LogP contribution in [0.25, 0.3) is 0 Å². The van der Waals surface area contributed by atoms with E-state index < -0.39 is 0 Å². The molecule has 1 aliphatic rings. The van der Waals surface area contributed by atoms with E-state index in [-0.39, 0.29) is 11.8 Å². The summed E-state index contributed by atoms with van der Waals surface area (Å²) >= 11 is 0. The molecule has 130 valence electrons. The van der Waals surface area contributed by atoms with E-state index in [9.17, 15) is 9.59 Å². The summed E-state index contributed by atoms with van der Waals surface area (Å²) in [4.78, 5) is 26.7. The molecule has 0 spiro atoms. The van der Waals surface area contributed by atoms with E-state index in [0.717, 1.165) is 31.5 Å². The van der Waals surface area contributed by atoms with Crippen molar-refractivity contribution in [3.63, 3.8) is 0 Å². The Morgan fingerprint density at radius 3 is 2.44 bits per heavy atom. The maximum absolute atomic E-state index is 12.5. The van der Waals surface area contributed by atoms with Crippen molar-refractivity contribution in [3.8, 4) is 0 Å². The zero-order valence-electron chi connectivity index (χ0n) is 14.3. The van der Waals surface area contributed by atoms with Gasteiger partial charge in [0.25, 0.3) is 11.8 Å². The van der Waals surface area contributed by atoms with Gasteiger partial charge in [0.05, 0.1) is 6.61 Å². The molecule has 2 aromatic rings. The number of methoxy groups -OCH3 is 1. The molecule has 5 nitrogen and oxygen atoms in total. The first-order chi connectivity index (χ1) is 12.2. The summed E-state index contributed by atoms with van der Waals surface area (Å²) in [6, 6.07) is 14.4. The molecule has 0 aromatic heterocycles.